The second kappa shape index (κ2) is 6.61. The van der Waals surface area contributed by atoms with Gasteiger partial charge in [-0.05, 0) is 19.0 Å². The minimum absolute atomic E-state index is 0.420. The summed E-state index contributed by atoms with van der Waals surface area (Å²) >= 11 is 0. The number of nitrogens with zero attached hydrogens (tertiary/aromatic N) is 2. The Hall–Kier alpha value is -1.08. The summed E-state index contributed by atoms with van der Waals surface area (Å²) in [6.07, 6.45) is -2.15. The Bertz CT molecular complexity index is 325. The average Bonchev–Trinajstić information content (AvgIpc) is 2.71. The van der Waals surface area contributed by atoms with E-state index < -0.39 is 11.9 Å². The molecule has 1 rings (SSSR count). The SMILES string of the molecule is COCCCNCCn1ccc(C(F)(F)F)n1. The van der Waals surface area contributed by atoms with Gasteiger partial charge in [-0.15, -0.1) is 0 Å². The standard InChI is InChI=1S/C10H16F3N3O/c1-17-8-2-4-14-5-7-16-6-3-9(15-16)10(11,12)13/h3,6,14H,2,4-5,7-8H2,1H3. The molecule has 0 unspecified atom stereocenters. The molecule has 98 valence electrons. The lowest BCUT2D eigenvalue weighted by Crippen LogP contribution is -2.22. The molecule has 1 heterocycles. The molecule has 4 nitrogen and oxygen atoms in total. The van der Waals surface area contributed by atoms with Gasteiger partial charge in [0.1, 0.15) is 0 Å². The highest BCUT2D eigenvalue weighted by Gasteiger charge is 2.33. The van der Waals surface area contributed by atoms with Gasteiger partial charge < -0.3 is 10.1 Å². The zero-order valence-corrected chi connectivity index (χ0v) is 9.63. The lowest BCUT2D eigenvalue weighted by molar-refractivity contribution is -0.141. The Balaban J connectivity index is 2.21. The van der Waals surface area contributed by atoms with Gasteiger partial charge in [0.15, 0.2) is 5.69 Å². The Morgan fingerprint density at radius 1 is 1.41 bits per heavy atom. The van der Waals surface area contributed by atoms with E-state index in [0.29, 0.717) is 19.7 Å². The van der Waals surface area contributed by atoms with Crippen molar-refractivity contribution in [2.24, 2.45) is 0 Å². The van der Waals surface area contributed by atoms with Crippen LogP contribution >= 0.6 is 0 Å². The molecule has 0 aliphatic rings. The quantitative estimate of drug-likeness (QED) is 0.747. The van der Waals surface area contributed by atoms with Crippen LogP contribution in [0, 0.1) is 0 Å². The first-order valence-corrected chi connectivity index (χ1v) is 5.34. The number of halogens is 3. The second-order valence-electron chi connectivity index (χ2n) is 3.56. The van der Waals surface area contributed by atoms with Gasteiger partial charge in [0.05, 0.1) is 6.54 Å². The molecule has 0 radical (unpaired) electrons. The van der Waals surface area contributed by atoms with Gasteiger partial charge in [-0.25, -0.2) is 0 Å². The number of rotatable bonds is 7. The summed E-state index contributed by atoms with van der Waals surface area (Å²) in [5.41, 5.74) is -0.850. The molecule has 0 fully saturated rings. The van der Waals surface area contributed by atoms with E-state index in [2.05, 4.69) is 10.4 Å². The maximum absolute atomic E-state index is 12.2. The van der Waals surface area contributed by atoms with Crippen LogP contribution in [0.1, 0.15) is 12.1 Å². The van der Waals surface area contributed by atoms with E-state index in [1.165, 1.54) is 10.9 Å². The summed E-state index contributed by atoms with van der Waals surface area (Å²) < 4.78 is 42.8. The van der Waals surface area contributed by atoms with Crippen LogP contribution in [0.15, 0.2) is 12.3 Å². The molecule has 0 saturated carbocycles. The fourth-order valence-corrected chi connectivity index (χ4v) is 1.30. The predicted molar refractivity (Wildman–Crippen MR) is 56.6 cm³/mol. The van der Waals surface area contributed by atoms with Crippen LogP contribution in [-0.2, 0) is 17.5 Å². The molecule has 17 heavy (non-hydrogen) atoms. The second-order valence-corrected chi connectivity index (χ2v) is 3.56. The first-order valence-electron chi connectivity index (χ1n) is 5.34. The van der Waals surface area contributed by atoms with Crippen LogP contribution in [0.3, 0.4) is 0 Å². The van der Waals surface area contributed by atoms with Crippen molar-refractivity contribution in [3.05, 3.63) is 18.0 Å². The van der Waals surface area contributed by atoms with Crippen LogP contribution in [0.25, 0.3) is 0 Å². The Morgan fingerprint density at radius 2 is 2.18 bits per heavy atom. The molecule has 0 amide bonds. The Kier molecular flexibility index (Phi) is 5.43. The molecule has 0 aliphatic heterocycles. The average molecular weight is 251 g/mol. The highest BCUT2D eigenvalue weighted by atomic mass is 19.4. The number of hydrogen-bond donors (Lipinski definition) is 1. The number of aromatic nitrogens is 2. The van der Waals surface area contributed by atoms with E-state index in [9.17, 15) is 13.2 Å². The fourth-order valence-electron chi connectivity index (χ4n) is 1.30. The molecule has 7 heteroatoms. The first kappa shape index (κ1) is 14.0. The van der Waals surface area contributed by atoms with Crippen LogP contribution in [0.4, 0.5) is 13.2 Å². The van der Waals surface area contributed by atoms with Crippen LogP contribution in [0.5, 0.6) is 0 Å². The fraction of sp³-hybridized carbons (Fsp3) is 0.700. The van der Waals surface area contributed by atoms with Crippen molar-refractivity contribution < 1.29 is 17.9 Å². The first-order chi connectivity index (χ1) is 8.04. The minimum atomic E-state index is -4.36. The summed E-state index contributed by atoms with van der Waals surface area (Å²) in [4.78, 5) is 0. The van der Waals surface area contributed by atoms with E-state index >= 15 is 0 Å². The van der Waals surface area contributed by atoms with Crippen molar-refractivity contribution >= 4 is 0 Å². The van der Waals surface area contributed by atoms with Gasteiger partial charge in [0.25, 0.3) is 0 Å². The van der Waals surface area contributed by atoms with Crippen molar-refractivity contribution in [3.63, 3.8) is 0 Å². The van der Waals surface area contributed by atoms with E-state index in [4.69, 9.17) is 4.74 Å². The summed E-state index contributed by atoms with van der Waals surface area (Å²) in [5.74, 6) is 0. The number of methoxy groups -OCH3 is 1. The monoisotopic (exact) mass is 251 g/mol. The molecule has 0 spiro atoms. The van der Waals surface area contributed by atoms with E-state index in [1.54, 1.807) is 7.11 Å². The summed E-state index contributed by atoms with van der Waals surface area (Å²) in [7, 11) is 1.63. The Labute approximate surface area is 97.8 Å². The summed E-state index contributed by atoms with van der Waals surface area (Å²) in [6.45, 7) is 2.46. The largest absolute Gasteiger partial charge is 0.435 e. The molecule has 0 bridgehead atoms. The van der Waals surface area contributed by atoms with Crippen molar-refractivity contribution in [2.45, 2.75) is 19.1 Å². The predicted octanol–water partition coefficient (Wildman–Crippen LogP) is 1.53. The third-order valence-corrected chi connectivity index (χ3v) is 2.15. The smallest absolute Gasteiger partial charge is 0.385 e. The number of ether oxygens (including phenoxy) is 1. The third-order valence-electron chi connectivity index (χ3n) is 2.15. The van der Waals surface area contributed by atoms with Gasteiger partial charge in [0.2, 0.25) is 0 Å². The van der Waals surface area contributed by atoms with E-state index in [-0.39, 0.29) is 0 Å². The zero-order chi connectivity index (χ0) is 12.7. The lowest BCUT2D eigenvalue weighted by Gasteiger charge is -2.05. The van der Waals surface area contributed by atoms with Crippen molar-refractivity contribution in [1.29, 1.82) is 0 Å². The maximum Gasteiger partial charge on any atom is 0.435 e. The molecular weight excluding hydrogens is 235 g/mol. The topological polar surface area (TPSA) is 39.1 Å². The number of nitrogens with one attached hydrogen (secondary N) is 1. The molecule has 1 N–H and O–H groups in total. The maximum atomic E-state index is 12.2. The summed E-state index contributed by atoms with van der Waals surface area (Å²) in [6, 6.07) is 0.977. The highest BCUT2D eigenvalue weighted by Crippen LogP contribution is 2.26. The van der Waals surface area contributed by atoms with Crippen LogP contribution < -0.4 is 5.32 Å². The highest BCUT2D eigenvalue weighted by molar-refractivity contribution is 5.03. The van der Waals surface area contributed by atoms with Crippen LogP contribution in [0.2, 0.25) is 0 Å². The molecule has 1 aromatic rings. The van der Waals surface area contributed by atoms with E-state index in [1.807, 2.05) is 0 Å². The van der Waals surface area contributed by atoms with Gasteiger partial charge in [-0.2, -0.15) is 18.3 Å². The normalized spacial score (nSPS) is 12.0. The van der Waals surface area contributed by atoms with Gasteiger partial charge in [0, 0.05) is 26.5 Å². The number of alkyl halides is 3. The third kappa shape index (κ3) is 5.18. The Morgan fingerprint density at radius 3 is 2.76 bits per heavy atom. The molecule has 0 saturated heterocycles. The molecule has 0 aliphatic carbocycles. The van der Waals surface area contributed by atoms with Crippen molar-refractivity contribution in [2.75, 3.05) is 26.8 Å². The van der Waals surface area contributed by atoms with Gasteiger partial charge >= 0.3 is 6.18 Å². The van der Waals surface area contributed by atoms with Crippen LogP contribution in [-0.4, -0.2) is 36.6 Å². The molecular formula is C10H16F3N3O. The molecule has 1 aromatic heterocycles. The van der Waals surface area contributed by atoms with Crippen molar-refractivity contribution in [1.82, 2.24) is 15.1 Å². The molecule has 0 atom stereocenters. The van der Waals surface area contributed by atoms with Gasteiger partial charge in [-0.3, -0.25) is 4.68 Å². The lowest BCUT2D eigenvalue weighted by atomic mass is 10.4. The summed E-state index contributed by atoms with van der Waals surface area (Å²) in [5, 5.41) is 6.54. The van der Waals surface area contributed by atoms with Gasteiger partial charge in [-0.1, -0.05) is 0 Å². The molecule has 0 aromatic carbocycles. The van der Waals surface area contributed by atoms with E-state index in [0.717, 1.165) is 19.0 Å². The minimum Gasteiger partial charge on any atom is -0.385 e. The van der Waals surface area contributed by atoms with Crippen molar-refractivity contribution in [3.8, 4) is 0 Å². The number of hydrogen-bond acceptors (Lipinski definition) is 3. The zero-order valence-electron chi connectivity index (χ0n) is 9.63.